The van der Waals surface area contributed by atoms with E-state index in [1.54, 1.807) is 14.0 Å². The van der Waals surface area contributed by atoms with Crippen LogP contribution in [0.2, 0.25) is 0 Å². The van der Waals surface area contributed by atoms with E-state index >= 15 is 0 Å². The number of piperidine rings is 1. The number of hydrogen-bond acceptors (Lipinski definition) is 8. The summed E-state index contributed by atoms with van der Waals surface area (Å²) < 4.78 is 16.7. The van der Waals surface area contributed by atoms with Crippen LogP contribution in [0.25, 0.3) is 10.9 Å². The molecular weight excluding hydrogens is 446 g/mol. The Hall–Kier alpha value is -3.59. The molecule has 4 rings (SSSR count). The van der Waals surface area contributed by atoms with Crippen molar-refractivity contribution in [3.05, 3.63) is 42.2 Å². The van der Waals surface area contributed by atoms with Gasteiger partial charge < -0.3 is 19.5 Å². The van der Waals surface area contributed by atoms with Gasteiger partial charge in [0.1, 0.15) is 18.8 Å². The van der Waals surface area contributed by atoms with Gasteiger partial charge in [0.15, 0.2) is 11.5 Å². The summed E-state index contributed by atoms with van der Waals surface area (Å²) in [5.74, 6) is 1.96. The Bertz CT molecular complexity index is 1160. The minimum atomic E-state index is -0.473. The average Bonchev–Trinajstić information content (AvgIpc) is 2.86. The highest BCUT2D eigenvalue weighted by Crippen LogP contribution is 2.35. The molecule has 1 amide bonds. The van der Waals surface area contributed by atoms with Gasteiger partial charge in [0.25, 0.3) is 0 Å². The minimum absolute atomic E-state index is 0.319. The topological polar surface area (TPSA) is 97.8 Å². The predicted octanol–water partition coefficient (Wildman–Crippen LogP) is 5.12. The molecule has 0 radical (unpaired) electrons. The van der Waals surface area contributed by atoms with Gasteiger partial charge in [0.05, 0.1) is 19.2 Å². The number of amides is 1. The van der Waals surface area contributed by atoms with E-state index in [4.69, 9.17) is 14.2 Å². The Morgan fingerprint density at radius 3 is 2.66 bits per heavy atom. The van der Waals surface area contributed by atoms with E-state index in [0.29, 0.717) is 36.2 Å². The van der Waals surface area contributed by atoms with E-state index in [-0.39, 0.29) is 0 Å². The lowest BCUT2D eigenvalue weighted by atomic mass is 10.1. The first-order chi connectivity index (χ1) is 17.1. The molecule has 2 heterocycles. The number of hydrogen-bond donors (Lipinski definition) is 2. The summed E-state index contributed by atoms with van der Waals surface area (Å²) >= 11 is 0. The Kier molecular flexibility index (Phi) is 8.20. The number of fused-ring (bicyclic) bond motifs is 1. The molecule has 0 bridgehead atoms. The van der Waals surface area contributed by atoms with Crippen LogP contribution in [0.15, 0.2) is 36.7 Å². The molecule has 0 saturated carbocycles. The molecule has 0 aliphatic carbocycles. The zero-order chi connectivity index (χ0) is 24.6. The fourth-order valence-electron chi connectivity index (χ4n) is 4.20. The van der Waals surface area contributed by atoms with Crippen LogP contribution in [0, 0.1) is 6.92 Å². The first-order valence-corrected chi connectivity index (χ1v) is 12.1. The van der Waals surface area contributed by atoms with Crippen LogP contribution in [0.1, 0.15) is 31.7 Å². The van der Waals surface area contributed by atoms with Crippen molar-refractivity contribution in [2.24, 2.45) is 0 Å². The number of nitrogens with zero attached hydrogens (tertiary/aromatic N) is 3. The Morgan fingerprint density at radius 1 is 1.09 bits per heavy atom. The Balaban J connectivity index is 1.49. The molecule has 9 nitrogen and oxygen atoms in total. The number of aryl methyl sites for hydroxylation is 1. The van der Waals surface area contributed by atoms with Gasteiger partial charge in [-0.15, -0.1) is 0 Å². The average molecular weight is 480 g/mol. The van der Waals surface area contributed by atoms with Gasteiger partial charge in [-0.25, -0.2) is 14.8 Å². The van der Waals surface area contributed by atoms with Gasteiger partial charge in [-0.3, -0.25) is 10.2 Å². The van der Waals surface area contributed by atoms with Crippen molar-refractivity contribution in [3.8, 4) is 11.5 Å². The largest absolute Gasteiger partial charge is 0.493 e. The van der Waals surface area contributed by atoms with Crippen molar-refractivity contribution in [1.29, 1.82) is 0 Å². The second kappa shape index (κ2) is 11.7. The molecular formula is C26H33N5O4. The van der Waals surface area contributed by atoms with Gasteiger partial charge in [-0.2, -0.15) is 0 Å². The third-order valence-electron chi connectivity index (χ3n) is 6.04. The quantitative estimate of drug-likeness (QED) is 0.436. The molecule has 2 aromatic carbocycles. The standard InChI is InChI=1S/C26H33N5O4/c1-4-34-26(32)30-21-9-8-19(14-18(21)2)29-25-20-15-23(33-3)24(16-22(20)27-17-28-25)35-13-12-31-10-6-5-7-11-31/h8-9,14-17H,4-7,10-13H2,1-3H3,(H,30,32)(H,27,28,29). The number of ether oxygens (including phenoxy) is 3. The van der Waals surface area contributed by atoms with E-state index in [2.05, 4.69) is 25.5 Å². The van der Waals surface area contributed by atoms with Gasteiger partial charge in [0.2, 0.25) is 0 Å². The zero-order valence-electron chi connectivity index (χ0n) is 20.6. The molecule has 1 aliphatic rings. The maximum Gasteiger partial charge on any atom is 0.411 e. The number of methoxy groups -OCH3 is 1. The molecule has 9 heteroatoms. The molecule has 1 aliphatic heterocycles. The van der Waals surface area contributed by atoms with Crippen LogP contribution in [-0.2, 0) is 4.74 Å². The number of aromatic nitrogens is 2. The molecule has 0 unspecified atom stereocenters. The molecule has 3 aromatic rings. The third-order valence-corrected chi connectivity index (χ3v) is 6.04. The lowest BCUT2D eigenvalue weighted by Gasteiger charge is -2.26. The second-order valence-corrected chi connectivity index (χ2v) is 8.49. The smallest absolute Gasteiger partial charge is 0.411 e. The van der Waals surface area contributed by atoms with Crippen LogP contribution in [-0.4, -0.2) is 60.9 Å². The molecule has 2 N–H and O–H groups in total. The molecule has 1 aromatic heterocycles. The highest BCUT2D eigenvalue weighted by atomic mass is 16.5. The first-order valence-electron chi connectivity index (χ1n) is 12.1. The van der Waals surface area contributed by atoms with Crippen LogP contribution in [0.4, 0.5) is 22.0 Å². The van der Waals surface area contributed by atoms with Crippen molar-refractivity contribution < 1.29 is 19.0 Å². The second-order valence-electron chi connectivity index (χ2n) is 8.49. The number of rotatable bonds is 9. The molecule has 186 valence electrons. The number of benzene rings is 2. The molecule has 0 spiro atoms. The van der Waals surface area contributed by atoms with Gasteiger partial charge in [-0.1, -0.05) is 6.42 Å². The maximum atomic E-state index is 11.7. The van der Waals surface area contributed by atoms with Gasteiger partial charge in [0, 0.05) is 29.4 Å². The normalized spacial score (nSPS) is 13.9. The highest BCUT2D eigenvalue weighted by molar-refractivity contribution is 5.93. The molecule has 1 fully saturated rings. The van der Waals surface area contributed by atoms with Crippen LogP contribution in [0.3, 0.4) is 0 Å². The summed E-state index contributed by atoms with van der Waals surface area (Å²) in [6.07, 6.45) is 4.89. The summed E-state index contributed by atoms with van der Waals surface area (Å²) in [5, 5.41) is 6.91. The monoisotopic (exact) mass is 479 g/mol. The van der Waals surface area contributed by atoms with Crippen LogP contribution < -0.4 is 20.1 Å². The molecule has 1 saturated heterocycles. The number of nitrogens with one attached hydrogen (secondary N) is 2. The van der Waals surface area contributed by atoms with Crippen LogP contribution in [0.5, 0.6) is 11.5 Å². The minimum Gasteiger partial charge on any atom is -0.493 e. The van der Waals surface area contributed by atoms with E-state index < -0.39 is 6.09 Å². The van der Waals surface area contributed by atoms with E-state index in [1.807, 2.05) is 37.3 Å². The van der Waals surface area contributed by atoms with Gasteiger partial charge >= 0.3 is 6.09 Å². The van der Waals surface area contributed by atoms with E-state index in [0.717, 1.165) is 41.8 Å². The summed E-state index contributed by atoms with van der Waals surface area (Å²) in [6, 6.07) is 9.43. The maximum absolute atomic E-state index is 11.7. The van der Waals surface area contributed by atoms with E-state index in [9.17, 15) is 4.79 Å². The van der Waals surface area contributed by atoms with Crippen molar-refractivity contribution in [2.45, 2.75) is 33.1 Å². The van der Waals surface area contributed by atoms with Gasteiger partial charge in [-0.05, 0) is 69.6 Å². The van der Waals surface area contributed by atoms with Crippen molar-refractivity contribution in [1.82, 2.24) is 14.9 Å². The summed E-state index contributed by atoms with van der Waals surface area (Å²) in [7, 11) is 1.63. The van der Waals surface area contributed by atoms with E-state index in [1.165, 1.54) is 25.6 Å². The third kappa shape index (κ3) is 6.30. The van der Waals surface area contributed by atoms with Crippen molar-refractivity contribution in [2.75, 3.05) is 50.6 Å². The Morgan fingerprint density at radius 2 is 1.91 bits per heavy atom. The zero-order valence-corrected chi connectivity index (χ0v) is 20.6. The molecule has 35 heavy (non-hydrogen) atoms. The number of carbonyl (C=O) groups is 1. The predicted molar refractivity (Wildman–Crippen MR) is 137 cm³/mol. The lowest BCUT2D eigenvalue weighted by molar-refractivity contribution is 0.168. The number of anilines is 3. The first kappa shape index (κ1) is 24.5. The number of likely N-dealkylation sites (tertiary alicyclic amines) is 1. The lowest BCUT2D eigenvalue weighted by Crippen LogP contribution is -2.33. The highest BCUT2D eigenvalue weighted by Gasteiger charge is 2.14. The molecule has 0 atom stereocenters. The Labute approximate surface area is 205 Å². The summed E-state index contributed by atoms with van der Waals surface area (Å²) in [5.41, 5.74) is 3.17. The number of carbonyl (C=O) groups excluding carboxylic acids is 1. The summed E-state index contributed by atoms with van der Waals surface area (Å²) in [6.45, 7) is 7.79. The van der Waals surface area contributed by atoms with Crippen molar-refractivity contribution >= 4 is 34.2 Å². The fourth-order valence-corrected chi connectivity index (χ4v) is 4.20. The summed E-state index contributed by atoms with van der Waals surface area (Å²) in [4.78, 5) is 23.1. The van der Waals surface area contributed by atoms with Crippen LogP contribution >= 0.6 is 0 Å². The van der Waals surface area contributed by atoms with Crippen molar-refractivity contribution in [3.63, 3.8) is 0 Å². The SMILES string of the molecule is CCOC(=O)Nc1ccc(Nc2ncnc3cc(OCCN4CCCCC4)c(OC)cc23)cc1C. The fraction of sp³-hybridized carbons (Fsp3) is 0.423.